The number of para-hydroxylation sites is 2. The normalized spacial score (nSPS) is 10.8. The molecule has 0 saturated carbocycles. The molecule has 0 bridgehead atoms. The number of methoxy groups -OCH3 is 1. The van der Waals surface area contributed by atoms with E-state index in [-0.39, 0.29) is 35.4 Å². The third-order valence-electron chi connectivity index (χ3n) is 4.76. The van der Waals surface area contributed by atoms with Gasteiger partial charge in [-0.05, 0) is 30.3 Å². The van der Waals surface area contributed by atoms with Gasteiger partial charge in [0.2, 0.25) is 5.91 Å². The number of nitrogens with zero attached hydrogens (tertiary/aromatic N) is 2. The second-order valence-electron chi connectivity index (χ2n) is 7.29. The molecular weight excluding hydrogens is 486 g/mol. The first-order chi connectivity index (χ1) is 16.8. The first kappa shape index (κ1) is 26.2. The number of benzene rings is 3. The maximum Gasteiger partial charge on any atom is 0.263 e. The molecule has 0 aliphatic rings. The molecular formula is C24H25N5O6S. The van der Waals surface area contributed by atoms with Gasteiger partial charge >= 0.3 is 0 Å². The number of carbonyl (C=O) groups is 1. The van der Waals surface area contributed by atoms with Crippen LogP contribution >= 0.6 is 0 Å². The molecule has 188 valence electrons. The third kappa shape index (κ3) is 5.98. The minimum atomic E-state index is -4.16. The minimum absolute atomic E-state index is 0. The molecule has 0 aliphatic heterocycles. The van der Waals surface area contributed by atoms with Gasteiger partial charge in [-0.25, -0.2) is 18.4 Å². The van der Waals surface area contributed by atoms with Crippen molar-refractivity contribution in [3.63, 3.8) is 0 Å². The molecule has 11 nitrogen and oxygen atoms in total. The summed E-state index contributed by atoms with van der Waals surface area (Å²) in [7, 11) is -2.71. The van der Waals surface area contributed by atoms with E-state index in [0.717, 1.165) is 0 Å². The Bertz CT molecular complexity index is 1510. The number of nitrogens with one attached hydrogen (secondary N) is 3. The molecule has 0 unspecified atom stereocenters. The van der Waals surface area contributed by atoms with Crippen molar-refractivity contribution in [2.75, 3.05) is 29.1 Å². The van der Waals surface area contributed by atoms with Gasteiger partial charge in [0.05, 0.1) is 23.0 Å². The van der Waals surface area contributed by atoms with Crippen LogP contribution in [0.4, 0.5) is 23.0 Å². The highest BCUT2D eigenvalue weighted by molar-refractivity contribution is 7.92. The number of anilines is 4. The number of amides is 1. The molecule has 0 radical (unpaired) electrons. The van der Waals surface area contributed by atoms with Gasteiger partial charge in [0.25, 0.3) is 10.0 Å². The maximum absolute atomic E-state index is 13.2. The average molecular weight is 512 g/mol. The Morgan fingerprint density at radius 1 is 0.944 bits per heavy atom. The summed E-state index contributed by atoms with van der Waals surface area (Å²) in [6, 6.07) is 16.9. The van der Waals surface area contributed by atoms with Crippen LogP contribution in [0.1, 0.15) is 7.43 Å². The van der Waals surface area contributed by atoms with Crippen LogP contribution in [-0.4, -0.2) is 48.2 Å². The van der Waals surface area contributed by atoms with Gasteiger partial charge in [0.1, 0.15) is 18.1 Å². The fourth-order valence-electron chi connectivity index (χ4n) is 3.20. The van der Waals surface area contributed by atoms with Gasteiger partial charge in [-0.1, -0.05) is 25.6 Å². The summed E-state index contributed by atoms with van der Waals surface area (Å²) >= 11 is 0. The van der Waals surface area contributed by atoms with Crippen molar-refractivity contribution in [2.45, 2.75) is 12.3 Å². The lowest BCUT2D eigenvalue weighted by Crippen LogP contribution is -2.18. The van der Waals surface area contributed by atoms with Crippen LogP contribution < -0.4 is 20.1 Å². The molecule has 0 atom stereocenters. The van der Waals surface area contributed by atoms with E-state index in [4.69, 9.17) is 9.84 Å². The van der Waals surface area contributed by atoms with Crippen LogP contribution in [0.2, 0.25) is 0 Å². The summed E-state index contributed by atoms with van der Waals surface area (Å²) in [5.74, 6) is -0.365. The molecule has 36 heavy (non-hydrogen) atoms. The van der Waals surface area contributed by atoms with Crippen molar-refractivity contribution >= 4 is 50.0 Å². The first-order valence-electron chi connectivity index (χ1n) is 10.2. The zero-order valence-electron chi connectivity index (χ0n) is 18.4. The highest BCUT2D eigenvalue weighted by Gasteiger charge is 2.20. The fraction of sp³-hybridized carbons (Fsp3) is 0.125. The van der Waals surface area contributed by atoms with Gasteiger partial charge in [-0.2, -0.15) is 0 Å². The Balaban J connectivity index is 0.00000361. The summed E-state index contributed by atoms with van der Waals surface area (Å²) in [6.45, 7) is -0.739. The second-order valence-corrected chi connectivity index (χ2v) is 8.98. The summed E-state index contributed by atoms with van der Waals surface area (Å²) in [6.07, 6.45) is 0. The topological polar surface area (TPSA) is 163 Å². The molecule has 1 amide bonds. The van der Waals surface area contributed by atoms with Gasteiger partial charge in [0, 0.05) is 29.6 Å². The molecule has 4 rings (SSSR count). The average Bonchev–Trinajstić information content (AvgIpc) is 2.84. The lowest BCUT2D eigenvalue weighted by atomic mass is 10.2. The number of hydrogen-bond acceptors (Lipinski definition) is 9. The largest absolute Gasteiger partial charge is 0.508 e. The molecule has 5 N–H and O–H groups in total. The summed E-state index contributed by atoms with van der Waals surface area (Å²) in [5, 5.41) is 24.3. The molecule has 0 fully saturated rings. The standard InChI is InChI=1S/C23H21N5O6S.CH4/c1-34-17-10-15(9-16(30)12-17)25-22-23(27-20-8-3-2-7-19(20)26-22)28-35(32,33)18-6-4-5-14(11-18)24-21(31)13-29;/h2-12,29-30H,13H2,1H3,(H,24,31)(H,25,26)(H,27,28);1H4. The van der Waals surface area contributed by atoms with Gasteiger partial charge in [0.15, 0.2) is 11.6 Å². The third-order valence-corrected chi connectivity index (χ3v) is 6.10. The van der Waals surface area contributed by atoms with E-state index in [0.29, 0.717) is 22.5 Å². The van der Waals surface area contributed by atoms with E-state index in [1.54, 1.807) is 30.3 Å². The number of phenols is 1. The van der Waals surface area contributed by atoms with Crippen LogP contribution in [0.25, 0.3) is 11.0 Å². The van der Waals surface area contributed by atoms with Crippen LogP contribution in [-0.2, 0) is 14.8 Å². The predicted octanol–water partition coefficient (Wildman–Crippen LogP) is 3.46. The van der Waals surface area contributed by atoms with E-state index < -0.39 is 22.5 Å². The van der Waals surface area contributed by atoms with E-state index in [1.807, 2.05) is 0 Å². The Morgan fingerprint density at radius 3 is 2.31 bits per heavy atom. The summed E-state index contributed by atoms with van der Waals surface area (Å²) in [5.41, 5.74) is 1.55. The Kier molecular flexibility index (Phi) is 7.92. The Hall–Kier alpha value is -4.42. The quantitative estimate of drug-likeness (QED) is 0.238. The summed E-state index contributed by atoms with van der Waals surface area (Å²) in [4.78, 5) is 20.2. The Morgan fingerprint density at radius 2 is 1.64 bits per heavy atom. The second kappa shape index (κ2) is 10.9. The fourth-order valence-corrected chi connectivity index (χ4v) is 4.25. The number of fused-ring (bicyclic) bond motifs is 1. The molecule has 0 spiro atoms. The van der Waals surface area contributed by atoms with E-state index in [2.05, 4.69) is 25.3 Å². The van der Waals surface area contributed by atoms with Gasteiger partial charge in [-0.3, -0.25) is 9.52 Å². The number of aromatic hydroxyl groups is 1. The smallest absolute Gasteiger partial charge is 0.263 e. The molecule has 1 heterocycles. The van der Waals surface area contributed by atoms with Gasteiger partial charge in [-0.15, -0.1) is 0 Å². The zero-order chi connectivity index (χ0) is 25.0. The highest BCUT2D eigenvalue weighted by Crippen LogP contribution is 2.31. The van der Waals surface area contributed by atoms with Crippen LogP contribution in [0, 0.1) is 0 Å². The molecule has 0 aliphatic carbocycles. The van der Waals surface area contributed by atoms with Gasteiger partial charge < -0.3 is 25.6 Å². The number of ether oxygens (including phenoxy) is 1. The molecule has 1 aromatic heterocycles. The lowest BCUT2D eigenvalue weighted by molar-refractivity contribution is -0.118. The number of carbonyl (C=O) groups excluding carboxylic acids is 1. The number of aromatic nitrogens is 2. The molecule has 3 aromatic carbocycles. The number of hydrogen-bond donors (Lipinski definition) is 5. The molecule has 0 saturated heterocycles. The lowest BCUT2D eigenvalue weighted by Gasteiger charge is -2.15. The van der Waals surface area contributed by atoms with Crippen molar-refractivity contribution in [3.05, 3.63) is 66.7 Å². The first-order valence-corrected chi connectivity index (χ1v) is 11.7. The van der Waals surface area contributed by atoms with E-state index in [1.165, 1.54) is 43.5 Å². The SMILES string of the molecule is C.COc1cc(O)cc(Nc2nc3ccccc3nc2NS(=O)(=O)c2cccc(NC(=O)CO)c2)c1. The number of rotatable bonds is 8. The highest BCUT2D eigenvalue weighted by atomic mass is 32.2. The van der Waals surface area contributed by atoms with Crippen LogP contribution in [0.3, 0.4) is 0 Å². The molecule has 12 heteroatoms. The monoisotopic (exact) mass is 511 g/mol. The molecule has 4 aromatic rings. The van der Waals surface area contributed by atoms with Crippen molar-refractivity contribution in [3.8, 4) is 11.5 Å². The summed E-state index contributed by atoms with van der Waals surface area (Å²) < 4.78 is 34.0. The van der Waals surface area contributed by atoms with Crippen LogP contribution in [0.15, 0.2) is 71.6 Å². The predicted molar refractivity (Wildman–Crippen MR) is 137 cm³/mol. The van der Waals surface area contributed by atoms with Crippen molar-refractivity contribution in [2.24, 2.45) is 0 Å². The number of phenolic OH excluding ortho intramolecular Hbond substituents is 1. The van der Waals surface area contributed by atoms with E-state index >= 15 is 0 Å². The minimum Gasteiger partial charge on any atom is -0.508 e. The number of aliphatic hydroxyl groups excluding tert-OH is 1. The van der Waals surface area contributed by atoms with Crippen molar-refractivity contribution in [1.82, 2.24) is 9.97 Å². The van der Waals surface area contributed by atoms with Crippen molar-refractivity contribution in [1.29, 1.82) is 0 Å². The van der Waals surface area contributed by atoms with E-state index in [9.17, 15) is 18.3 Å². The maximum atomic E-state index is 13.2. The van der Waals surface area contributed by atoms with Crippen LogP contribution in [0.5, 0.6) is 11.5 Å². The Labute approximate surface area is 207 Å². The zero-order valence-corrected chi connectivity index (χ0v) is 19.2. The van der Waals surface area contributed by atoms with Crippen molar-refractivity contribution < 1.29 is 28.2 Å². The number of aliphatic hydroxyl groups is 1. The number of sulfonamides is 1.